The van der Waals surface area contributed by atoms with Crippen LogP contribution in [0.4, 0.5) is 4.39 Å². The lowest BCUT2D eigenvalue weighted by Gasteiger charge is -2.09. The summed E-state index contributed by atoms with van der Waals surface area (Å²) in [7, 11) is 0. The molecule has 22 heavy (non-hydrogen) atoms. The number of amides is 1. The molecule has 0 radical (unpaired) electrons. The zero-order valence-corrected chi connectivity index (χ0v) is 13.3. The van der Waals surface area contributed by atoms with E-state index in [0.717, 1.165) is 4.47 Å². The summed E-state index contributed by atoms with van der Waals surface area (Å²) in [6.45, 7) is 0.591. The number of rotatable bonds is 7. The predicted octanol–water partition coefficient (Wildman–Crippen LogP) is 3.16. The molecule has 6 heteroatoms. The number of carbonyl (C=O) groups is 1. The summed E-state index contributed by atoms with van der Waals surface area (Å²) in [5, 5.41) is 2.67. The van der Waals surface area contributed by atoms with E-state index in [0.29, 0.717) is 24.7 Å². The molecule has 0 fully saturated rings. The molecule has 0 bridgehead atoms. The van der Waals surface area contributed by atoms with Gasteiger partial charge in [-0.05, 0) is 48.5 Å². The molecule has 0 atom stereocenters. The number of hydrogen-bond acceptors (Lipinski definition) is 3. The topological polar surface area (TPSA) is 47.6 Å². The third kappa shape index (κ3) is 5.73. The van der Waals surface area contributed by atoms with E-state index in [4.69, 9.17) is 9.47 Å². The van der Waals surface area contributed by atoms with E-state index < -0.39 is 0 Å². The molecule has 0 saturated heterocycles. The van der Waals surface area contributed by atoms with Crippen molar-refractivity contribution in [3.8, 4) is 11.5 Å². The molecule has 0 unspecified atom stereocenters. The van der Waals surface area contributed by atoms with Gasteiger partial charge in [-0.1, -0.05) is 15.9 Å². The molecule has 116 valence electrons. The monoisotopic (exact) mass is 367 g/mol. The van der Waals surface area contributed by atoms with Crippen LogP contribution in [0.25, 0.3) is 0 Å². The summed E-state index contributed by atoms with van der Waals surface area (Å²) in [4.78, 5) is 11.6. The highest BCUT2D eigenvalue weighted by atomic mass is 79.9. The van der Waals surface area contributed by atoms with Gasteiger partial charge in [0, 0.05) is 4.47 Å². The molecule has 0 spiro atoms. The van der Waals surface area contributed by atoms with Gasteiger partial charge in [0.2, 0.25) is 0 Å². The fraction of sp³-hybridized carbons (Fsp3) is 0.188. The molecule has 2 aromatic rings. The molecule has 1 N–H and O–H groups in total. The van der Waals surface area contributed by atoms with Gasteiger partial charge in [0.15, 0.2) is 6.61 Å². The number of hydrogen-bond donors (Lipinski definition) is 1. The second-order valence-electron chi connectivity index (χ2n) is 4.39. The van der Waals surface area contributed by atoms with Crippen LogP contribution in [0, 0.1) is 5.82 Å². The van der Waals surface area contributed by atoms with Crippen LogP contribution in [-0.4, -0.2) is 25.7 Å². The summed E-state index contributed by atoms with van der Waals surface area (Å²) >= 11 is 3.32. The lowest BCUT2D eigenvalue weighted by atomic mass is 10.3. The Bertz CT molecular complexity index is 602. The predicted molar refractivity (Wildman–Crippen MR) is 84.5 cm³/mol. The van der Waals surface area contributed by atoms with Crippen LogP contribution < -0.4 is 14.8 Å². The zero-order valence-electron chi connectivity index (χ0n) is 11.7. The Morgan fingerprint density at radius 1 is 1.00 bits per heavy atom. The molecular formula is C16H15BrFNO3. The van der Waals surface area contributed by atoms with Crippen molar-refractivity contribution in [3.05, 3.63) is 58.8 Å². The third-order valence-electron chi connectivity index (χ3n) is 2.69. The summed E-state index contributed by atoms with van der Waals surface area (Å²) in [6.07, 6.45) is 0. The smallest absolute Gasteiger partial charge is 0.258 e. The van der Waals surface area contributed by atoms with Crippen LogP contribution in [-0.2, 0) is 4.79 Å². The van der Waals surface area contributed by atoms with E-state index in [1.807, 2.05) is 12.1 Å². The lowest BCUT2D eigenvalue weighted by molar-refractivity contribution is -0.123. The SMILES string of the molecule is O=C(COc1ccc(Br)cc1)NCCOc1ccc(F)cc1. The van der Waals surface area contributed by atoms with Crippen molar-refractivity contribution >= 4 is 21.8 Å². The van der Waals surface area contributed by atoms with Crippen LogP contribution in [0.5, 0.6) is 11.5 Å². The molecule has 4 nitrogen and oxygen atoms in total. The van der Waals surface area contributed by atoms with Crippen molar-refractivity contribution in [2.24, 2.45) is 0 Å². The van der Waals surface area contributed by atoms with E-state index in [1.165, 1.54) is 24.3 Å². The minimum atomic E-state index is -0.314. The highest BCUT2D eigenvalue weighted by Crippen LogP contribution is 2.15. The van der Waals surface area contributed by atoms with Gasteiger partial charge in [0.25, 0.3) is 5.91 Å². The Balaban J connectivity index is 1.61. The van der Waals surface area contributed by atoms with Crippen LogP contribution in [0.3, 0.4) is 0 Å². The Hall–Kier alpha value is -2.08. The van der Waals surface area contributed by atoms with Crippen LogP contribution in [0.2, 0.25) is 0 Å². The molecule has 0 saturated carbocycles. The van der Waals surface area contributed by atoms with Crippen molar-refractivity contribution in [1.82, 2.24) is 5.32 Å². The van der Waals surface area contributed by atoms with Gasteiger partial charge < -0.3 is 14.8 Å². The molecule has 0 aliphatic rings. The fourth-order valence-electron chi connectivity index (χ4n) is 1.62. The highest BCUT2D eigenvalue weighted by Gasteiger charge is 2.02. The van der Waals surface area contributed by atoms with Crippen LogP contribution in [0.15, 0.2) is 53.0 Å². The average Bonchev–Trinajstić information content (AvgIpc) is 2.53. The van der Waals surface area contributed by atoms with Gasteiger partial charge in [-0.2, -0.15) is 0 Å². The first-order valence-corrected chi connectivity index (χ1v) is 7.46. The molecular weight excluding hydrogens is 353 g/mol. The van der Waals surface area contributed by atoms with E-state index in [1.54, 1.807) is 12.1 Å². The molecule has 1 amide bonds. The molecule has 2 aromatic carbocycles. The Labute approximate surface area is 136 Å². The van der Waals surface area contributed by atoms with Crippen LogP contribution in [0.1, 0.15) is 0 Å². The summed E-state index contributed by atoms with van der Waals surface area (Å²) < 4.78 is 24.3. The largest absolute Gasteiger partial charge is 0.492 e. The maximum Gasteiger partial charge on any atom is 0.258 e. The van der Waals surface area contributed by atoms with Gasteiger partial charge in [-0.3, -0.25) is 4.79 Å². The maximum absolute atomic E-state index is 12.7. The second kappa shape index (κ2) is 8.38. The second-order valence-corrected chi connectivity index (χ2v) is 5.31. The average molecular weight is 368 g/mol. The number of ether oxygens (including phenoxy) is 2. The number of nitrogens with one attached hydrogen (secondary N) is 1. The third-order valence-corrected chi connectivity index (χ3v) is 3.22. The molecule has 0 aromatic heterocycles. The molecule has 0 heterocycles. The number of benzene rings is 2. The number of halogens is 2. The molecule has 2 rings (SSSR count). The lowest BCUT2D eigenvalue weighted by Crippen LogP contribution is -2.32. The fourth-order valence-corrected chi connectivity index (χ4v) is 1.89. The normalized spacial score (nSPS) is 10.1. The Kier molecular flexibility index (Phi) is 6.21. The van der Waals surface area contributed by atoms with Gasteiger partial charge >= 0.3 is 0 Å². The van der Waals surface area contributed by atoms with E-state index in [9.17, 15) is 9.18 Å². The zero-order chi connectivity index (χ0) is 15.8. The molecule has 0 aliphatic carbocycles. The van der Waals surface area contributed by atoms with Gasteiger partial charge in [0.05, 0.1) is 6.54 Å². The quantitative estimate of drug-likeness (QED) is 0.764. The first kappa shape index (κ1) is 16.3. The van der Waals surface area contributed by atoms with E-state index >= 15 is 0 Å². The Morgan fingerprint density at radius 3 is 2.27 bits per heavy atom. The van der Waals surface area contributed by atoms with Gasteiger partial charge in [0.1, 0.15) is 23.9 Å². The number of carbonyl (C=O) groups excluding carboxylic acids is 1. The van der Waals surface area contributed by atoms with Crippen molar-refractivity contribution in [2.75, 3.05) is 19.8 Å². The minimum absolute atomic E-state index is 0.0574. The summed E-state index contributed by atoms with van der Waals surface area (Å²) in [5.41, 5.74) is 0. The minimum Gasteiger partial charge on any atom is -0.492 e. The molecule has 0 aliphatic heterocycles. The van der Waals surface area contributed by atoms with Crippen LogP contribution >= 0.6 is 15.9 Å². The van der Waals surface area contributed by atoms with Crippen molar-refractivity contribution in [1.29, 1.82) is 0 Å². The maximum atomic E-state index is 12.7. The van der Waals surface area contributed by atoms with E-state index in [2.05, 4.69) is 21.2 Å². The van der Waals surface area contributed by atoms with E-state index in [-0.39, 0.29) is 18.3 Å². The standard InChI is InChI=1S/C16H15BrFNO3/c17-12-1-5-15(6-2-12)22-11-16(20)19-9-10-21-14-7-3-13(18)4-8-14/h1-8H,9-11H2,(H,19,20). The summed E-state index contributed by atoms with van der Waals surface area (Å²) in [6, 6.07) is 12.9. The van der Waals surface area contributed by atoms with Gasteiger partial charge in [-0.15, -0.1) is 0 Å². The van der Waals surface area contributed by atoms with Crippen molar-refractivity contribution in [3.63, 3.8) is 0 Å². The van der Waals surface area contributed by atoms with Gasteiger partial charge in [-0.25, -0.2) is 4.39 Å². The first-order chi connectivity index (χ1) is 10.6. The van der Waals surface area contributed by atoms with Crippen molar-refractivity contribution in [2.45, 2.75) is 0 Å². The summed E-state index contributed by atoms with van der Waals surface area (Å²) in [5.74, 6) is 0.638. The highest BCUT2D eigenvalue weighted by molar-refractivity contribution is 9.10. The first-order valence-electron chi connectivity index (χ1n) is 6.67. The Morgan fingerprint density at radius 2 is 1.59 bits per heavy atom. The van der Waals surface area contributed by atoms with Crippen molar-refractivity contribution < 1.29 is 18.7 Å².